The van der Waals surface area contributed by atoms with Crippen LogP contribution in [-0.2, 0) is 6.42 Å². The molecule has 0 amide bonds. The number of anilines is 3. The van der Waals surface area contributed by atoms with Gasteiger partial charge in [-0.1, -0.05) is 53.0 Å². The Morgan fingerprint density at radius 3 is 2.68 bits per heavy atom. The minimum absolute atomic E-state index is 0.330. The van der Waals surface area contributed by atoms with E-state index >= 15 is 0 Å². The van der Waals surface area contributed by atoms with Gasteiger partial charge in [0.05, 0.1) is 21.9 Å². The molecule has 3 aromatic rings. The quantitative estimate of drug-likeness (QED) is 0.599. The molecule has 2 aromatic carbocycles. The Bertz CT molecular complexity index is 872. The van der Waals surface area contributed by atoms with Crippen LogP contribution in [0.5, 0.6) is 0 Å². The van der Waals surface area contributed by atoms with Crippen molar-refractivity contribution in [2.45, 2.75) is 6.42 Å². The topological polar surface area (TPSA) is 62.7 Å². The van der Waals surface area contributed by atoms with E-state index in [1.54, 1.807) is 24.4 Å². The summed E-state index contributed by atoms with van der Waals surface area (Å²) >= 11 is 18.1. The van der Waals surface area contributed by atoms with Gasteiger partial charge in [0, 0.05) is 11.6 Å². The Hall–Kier alpha value is -2.08. The first kappa shape index (κ1) is 17.7. The number of hydrogen-bond donors (Lipinski definition) is 2. The minimum Gasteiger partial charge on any atom is -0.368 e. The second-order valence-corrected chi connectivity index (χ2v) is 6.42. The van der Waals surface area contributed by atoms with Crippen molar-refractivity contribution in [3.8, 4) is 0 Å². The average Bonchev–Trinajstić information content (AvgIpc) is 2.60. The molecule has 25 heavy (non-hydrogen) atoms. The van der Waals surface area contributed by atoms with Gasteiger partial charge in [-0.05, 0) is 36.2 Å². The van der Waals surface area contributed by atoms with Gasteiger partial charge < -0.3 is 10.6 Å². The van der Waals surface area contributed by atoms with Gasteiger partial charge in [0.1, 0.15) is 0 Å². The molecule has 0 radical (unpaired) electrons. The van der Waals surface area contributed by atoms with E-state index in [0.717, 1.165) is 17.0 Å². The van der Waals surface area contributed by atoms with E-state index in [0.29, 0.717) is 34.0 Å². The molecule has 8 heteroatoms. The summed E-state index contributed by atoms with van der Waals surface area (Å²) in [6, 6.07) is 13.0. The Kier molecular flexibility index (Phi) is 5.91. The number of aromatic nitrogens is 3. The second-order valence-electron chi connectivity index (χ2n) is 5.20. The number of benzene rings is 2. The summed E-state index contributed by atoms with van der Waals surface area (Å²) in [4.78, 5) is 4.36. The molecule has 1 aromatic heterocycles. The molecule has 0 saturated heterocycles. The van der Waals surface area contributed by atoms with E-state index < -0.39 is 0 Å². The highest BCUT2D eigenvalue weighted by atomic mass is 35.5. The zero-order chi connectivity index (χ0) is 17.6. The largest absolute Gasteiger partial charge is 0.368 e. The molecular weight excluding hydrogens is 381 g/mol. The van der Waals surface area contributed by atoms with Gasteiger partial charge >= 0.3 is 0 Å². The summed E-state index contributed by atoms with van der Waals surface area (Å²) in [5, 5.41) is 15.7. The van der Waals surface area contributed by atoms with E-state index in [1.807, 2.05) is 24.3 Å². The molecule has 0 fully saturated rings. The highest BCUT2D eigenvalue weighted by molar-refractivity contribution is 6.43. The van der Waals surface area contributed by atoms with Gasteiger partial charge in [-0.25, -0.2) is 0 Å². The van der Waals surface area contributed by atoms with Crippen LogP contribution in [0, 0.1) is 0 Å². The van der Waals surface area contributed by atoms with Gasteiger partial charge in [0.25, 0.3) is 0 Å². The van der Waals surface area contributed by atoms with Crippen molar-refractivity contribution in [3.05, 3.63) is 69.3 Å². The highest BCUT2D eigenvalue weighted by Gasteiger charge is 2.07. The smallest absolute Gasteiger partial charge is 0.249 e. The first-order valence-electron chi connectivity index (χ1n) is 7.51. The normalized spacial score (nSPS) is 10.5. The molecular formula is C17H14Cl3N5. The predicted molar refractivity (Wildman–Crippen MR) is 103 cm³/mol. The summed E-state index contributed by atoms with van der Waals surface area (Å²) in [6.07, 6.45) is 2.37. The maximum absolute atomic E-state index is 6.15. The Balaban J connectivity index is 1.62. The molecule has 0 aliphatic heterocycles. The van der Waals surface area contributed by atoms with E-state index in [-0.39, 0.29) is 0 Å². The minimum atomic E-state index is 0.330. The summed E-state index contributed by atoms with van der Waals surface area (Å²) in [5.74, 6) is 0.939. The molecule has 3 rings (SSSR count). The van der Waals surface area contributed by atoms with E-state index in [9.17, 15) is 0 Å². The highest BCUT2D eigenvalue weighted by Crippen LogP contribution is 2.30. The zero-order valence-electron chi connectivity index (χ0n) is 13.0. The molecule has 0 aliphatic rings. The predicted octanol–water partition coefficient (Wildman–Crippen LogP) is 5.23. The van der Waals surface area contributed by atoms with Crippen LogP contribution in [0.3, 0.4) is 0 Å². The van der Waals surface area contributed by atoms with Crippen molar-refractivity contribution in [1.82, 2.24) is 15.2 Å². The molecule has 0 unspecified atom stereocenters. The monoisotopic (exact) mass is 393 g/mol. The maximum Gasteiger partial charge on any atom is 0.249 e. The number of rotatable bonds is 6. The van der Waals surface area contributed by atoms with Crippen molar-refractivity contribution in [2.75, 3.05) is 17.2 Å². The van der Waals surface area contributed by atoms with Crippen LogP contribution in [0.1, 0.15) is 5.56 Å². The Labute approximate surface area is 160 Å². The van der Waals surface area contributed by atoms with Crippen molar-refractivity contribution in [3.63, 3.8) is 0 Å². The van der Waals surface area contributed by atoms with Crippen LogP contribution in [0.25, 0.3) is 0 Å². The standard InChI is InChI=1S/C17H14Cl3N5/c18-12-4-1-3-11(9-12)7-8-21-15-10-22-25-17(24-15)23-14-6-2-5-13(19)16(14)20/h1-6,9-10H,7-8H2,(H2,21,23,24,25). The molecule has 2 N–H and O–H groups in total. The van der Waals surface area contributed by atoms with E-state index in [2.05, 4.69) is 25.8 Å². The van der Waals surface area contributed by atoms with Crippen molar-refractivity contribution < 1.29 is 0 Å². The fourth-order valence-electron chi connectivity index (χ4n) is 2.19. The SMILES string of the molecule is Clc1cccc(CCNc2cnnc(Nc3cccc(Cl)c3Cl)n2)c1. The first-order chi connectivity index (χ1) is 12.1. The van der Waals surface area contributed by atoms with Gasteiger partial charge in [0.2, 0.25) is 5.95 Å². The van der Waals surface area contributed by atoms with Crippen molar-refractivity contribution in [2.24, 2.45) is 0 Å². The van der Waals surface area contributed by atoms with Crippen molar-refractivity contribution in [1.29, 1.82) is 0 Å². The third-order valence-electron chi connectivity index (χ3n) is 3.37. The first-order valence-corrected chi connectivity index (χ1v) is 8.64. The molecule has 1 heterocycles. The van der Waals surface area contributed by atoms with Crippen molar-refractivity contribution >= 4 is 52.3 Å². The van der Waals surface area contributed by atoms with E-state index in [4.69, 9.17) is 34.8 Å². The zero-order valence-corrected chi connectivity index (χ0v) is 15.3. The summed E-state index contributed by atoms with van der Waals surface area (Å²) in [7, 11) is 0. The third kappa shape index (κ3) is 4.95. The fraction of sp³-hybridized carbons (Fsp3) is 0.118. The number of hydrogen-bond acceptors (Lipinski definition) is 5. The summed E-state index contributed by atoms with van der Waals surface area (Å²) < 4.78 is 0. The van der Waals surface area contributed by atoms with Crippen LogP contribution >= 0.6 is 34.8 Å². The number of halogens is 3. The molecule has 0 aliphatic carbocycles. The van der Waals surface area contributed by atoms with E-state index in [1.165, 1.54) is 0 Å². The van der Waals surface area contributed by atoms with Crippen LogP contribution in [0.15, 0.2) is 48.7 Å². The lowest BCUT2D eigenvalue weighted by molar-refractivity contribution is 0.950. The lowest BCUT2D eigenvalue weighted by Gasteiger charge is -2.09. The molecule has 0 atom stereocenters. The van der Waals surface area contributed by atoms with Crippen LogP contribution in [-0.4, -0.2) is 21.7 Å². The fourth-order valence-corrected chi connectivity index (χ4v) is 2.75. The van der Waals surface area contributed by atoms with Gasteiger partial charge in [-0.2, -0.15) is 10.1 Å². The number of nitrogens with one attached hydrogen (secondary N) is 2. The van der Waals surface area contributed by atoms with Crippen LogP contribution < -0.4 is 10.6 Å². The Morgan fingerprint density at radius 1 is 1.00 bits per heavy atom. The summed E-state index contributed by atoms with van der Waals surface area (Å²) in [6.45, 7) is 0.691. The van der Waals surface area contributed by atoms with Crippen LogP contribution in [0.4, 0.5) is 17.5 Å². The molecule has 0 saturated carbocycles. The summed E-state index contributed by atoms with van der Waals surface area (Å²) in [5.41, 5.74) is 1.76. The maximum atomic E-state index is 6.15. The van der Waals surface area contributed by atoms with Crippen LogP contribution in [0.2, 0.25) is 15.1 Å². The van der Waals surface area contributed by atoms with Gasteiger partial charge in [0.15, 0.2) is 5.82 Å². The van der Waals surface area contributed by atoms with Gasteiger partial charge in [-0.3, -0.25) is 0 Å². The number of nitrogens with zero attached hydrogens (tertiary/aromatic N) is 3. The third-order valence-corrected chi connectivity index (χ3v) is 4.42. The lowest BCUT2D eigenvalue weighted by atomic mass is 10.1. The van der Waals surface area contributed by atoms with Gasteiger partial charge in [-0.15, -0.1) is 5.10 Å². The molecule has 0 bridgehead atoms. The Morgan fingerprint density at radius 2 is 1.84 bits per heavy atom. The molecule has 5 nitrogen and oxygen atoms in total. The second kappa shape index (κ2) is 8.34. The lowest BCUT2D eigenvalue weighted by Crippen LogP contribution is -2.09. The average molecular weight is 395 g/mol. The molecule has 0 spiro atoms. The molecule has 128 valence electrons.